The number of amides is 1. The number of nitrogens with zero attached hydrogens (tertiary/aromatic N) is 1. The van der Waals surface area contributed by atoms with Gasteiger partial charge in [-0.05, 0) is 43.5 Å². The van der Waals surface area contributed by atoms with Crippen molar-refractivity contribution in [1.29, 1.82) is 0 Å². The van der Waals surface area contributed by atoms with Crippen LogP contribution in [0.2, 0.25) is 0 Å². The van der Waals surface area contributed by atoms with Gasteiger partial charge in [-0.25, -0.2) is 13.1 Å². The average Bonchev–Trinajstić information content (AvgIpc) is 3.00. The van der Waals surface area contributed by atoms with Crippen molar-refractivity contribution in [2.75, 3.05) is 26.2 Å². The minimum absolute atomic E-state index is 0.164. The Labute approximate surface area is 125 Å². The summed E-state index contributed by atoms with van der Waals surface area (Å²) in [4.78, 5) is 13.7. The number of nitrogens with one attached hydrogen (secondary N) is 1. The minimum atomic E-state index is -3.65. The number of hydrogen-bond donors (Lipinski definition) is 2. The van der Waals surface area contributed by atoms with Gasteiger partial charge in [0.05, 0.1) is 11.4 Å². The summed E-state index contributed by atoms with van der Waals surface area (Å²) in [6, 6.07) is 6.55. The Bertz CT molecular complexity index is 578. The lowest BCUT2D eigenvalue weighted by Gasteiger charge is -2.15. The Morgan fingerprint density at radius 2 is 1.81 bits per heavy atom. The lowest BCUT2D eigenvalue weighted by molar-refractivity contribution is -0.128. The SMILES string of the molecule is NCCc1ccc(S(=O)(=O)NCC(=O)N2CCCC2)cc1. The van der Waals surface area contributed by atoms with Crippen LogP contribution in [0.3, 0.4) is 0 Å². The van der Waals surface area contributed by atoms with E-state index in [1.54, 1.807) is 17.0 Å². The van der Waals surface area contributed by atoms with Crippen molar-refractivity contribution in [2.24, 2.45) is 5.73 Å². The van der Waals surface area contributed by atoms with Gasteiger partial charge in [0.15, 0.2) is 0 Å². The molecule has 0 aliphatic carbocycles. The third-order valence-corrected chi connectivity index (χ3v) is 4.96. The predicted molar refractivity (Wildman–Crippen MR) is 80.2 cm³/mol. The molecule has 7 heteroatoms. The number of nitrogens with two attached hydrogens (primary N) is 1. The van der Waals surface area contributed by atoms with Crippen LogP contribution in [-0.4, -0.2) is 45.4 Å². The fourth-order valence-corrected chi connectivity index (χ4v) is 3.29. The molecular weight excluding hydrogens is 290 g/mol. The van der Waals surface area contributed by atoms with Crippen molar-refractivity contribution in [3.05, 3.63) is 29.8 Å². The van der Waals surface area contributed by atoms with Crippen LogP contribution in [0.1, 0.15) is 18.4 Å². The van der Waals surface area contributed by atoms with Crippen molar-refractivity contribution in [1.82, 2.24) is 9.62 Å². The van der Waals surface area contributed by atoms with Crippen molar-refractivity contribution in [3.63, 3.8) is 0 Å². The van der Waals surface area contributed by atoms with Gasteiger partial charge >= 0.3 is 0 Å². The largest absolute Gasteiger partial charge is 0.342 e. The highest BCUT2D eigenvalue weighted by atomic mass is 32.2. The Morgan fingerprint density at radius 3 is 2.38 bits per heavy atom. The maximum atomic E-state index is 12.1. The molecule has 0 bridgehead atoms. The second-order valence-electron chi connectivity index (χ2n) is 5.10. The molecule has 116 valence electrons. The van der Waals surface area contributed by atoms with Crippen molar-refractivity contribution in [2.45, 2.75) is 24.2 Å². The van der Waals surface area contributed by atoms with Crippen molar-refractivity contribution >= 4 is 15.9 Å². The second kappa shape index (κ2) is 7.02. The zero-order valence-electron chi connectivity index (χ0n) is 11.9. The van der Waals surface area contributed by atoms with Gasteiger partial charge in [0.25, 0.3) is 0 Å². The smallest absolute Gasteiger partial charge is 0.241 e. The molecule has 21 heavy (non-hydrogen) atoms. The van der Waals surface area contributed by atoms with E-state index in [2.05, 4.69) is 4.72 Å². The summed E-state index contributed by atoms with van der Waals surface area (Å²) in [5.41, 5.74) is 6.44. The van der Waals surface area contributed by atoms with Gasteiger partial charge in [-0.3, -0.25) is 4.79 Å². The topological polar surface area (TPSA) is 92.5 Å². The van der Waals surface area contributed by atoms with E-state index in [1.807, 2.05) is 0 Å². The molecule has 6 nitrogen and oxygen atoms in total. The van der Waals surface area contributed by atoms with Gasteiger partial charge in [-0.2, -0.15) is 0 Å². The zero-order chi connectivity index (χ0) is 15.3. The third kappa shape index (κ3) is 4.26. The molecule has 1 heterocycles. The summed E-state index contributed by atoms with van der Waals surface area (Å²) < 4.78 is 26.6. The summed E-state index contributed by atoms with van der Waals surface area (Å²) in [7, 11) is -3.65. The number of sulfonamides is 1. The van der Waals surface area contributed by atoms with Crippen LogP contribution in [0.25, 0.3) is 0 Å². The number of rotatable bonds is 6. The summed E-state index contributed by atoms with van der Waals surface area (Å²) >= 11 is 0. The highest BCUT2D eigenvalue weighted by Crippen LogP contribution is 2.11. The first-order chi connectivity index (χ1) is 10.0. The first-order valence-corrected chi connectivity index (χ1v) is 8.58. The number of hydrogen-bond acceptors (Lipinski definition) is 4. The highest BCUT2D eigenvalue weighted by molar-refractivity contribution is 7.89. The molecule has 1 amide bonds. The molecule has 1 aromatic rings. The average molecular weight is 311 g/mol. The summed E-state index contributed by atoms with van der Waals surface area (Å²) in [5.74, 6) is -0.171. The van der Waals surface area contributed by atoms with Crippen LogP contribution in [0, 0.1) is 0 Å². The Morgan fingerprint density at radius 1 is 1.19 bits per heavy atom. The maximum Gasteiger partial charge on any atom is 0.241 e. The molecule has 0 saturated carbocycles. The molecule has 0 atom stereocenters. The van der Waals surface area contributed by atoms with Gasteiger partial charge in [0.1, 0.15) is 0 Å². The van der Waals surface area contributed by atoms with E-state index in [9.17, 15) is 13.2 Å². The second-order valence-corrected chi connectivity index (χ2v) is 6.86. The molecule has 1 aliphatic heterocycles. The van der Waals surface area contributed by atoms with Gasteiger partial charge in [0.2, 0.25) is 15.9 Å². The van der Waals surface area contributed by atoms with E-state index < -0.39 is 10.0 Å². The molecule has 1 aliphatic rings. The van der Waals surface area contributed by atoms with E-state index in [0.29, 0.717) is 26.1 Å². The minimum Gasteiger partial charge on any atom is -0.342 e. The number of carbonyl (C=O) groups is 1. The van der Waals surface area contributed by atoms with Crippen LogP contribution >= 0.6 is 0 Å². The summed E-state index contributed by atoms with van der Waals surface area (Å²) in [6.45, 7) is 1.77. The Hall–Kier alpha value is -1.44. The molecule has 0 radical (unpaired) electrons. The van der Waals surface area contributed by atoms with Crippen LogP contribution in [0.5, 0.6) is 0 Å². The molecular formula is C14H21N3O3S. The monoisotopic (exact) mass is 311 g/mol. The molecule has 2 rings (SSSR count). The van der Waals surface area contributed by atoms with E-state index in [1.165, 1.54) is 12.1 Å². The van der Waals surface area contributed by atoms with Gasteiger partial charge in [-0.15, -0.1) is 0 Å². The lowest BCUT2D eigenvalue weighted by Crippen LogP contribution is -2.38. The van der Waals surface area contributed by atoms with E-state index in [0.717, 1.165) is 18.4 Å². The molecule has 1 aromatic carbocycles. The zero-order valence-corrected chi connectivity index (χ0v) is 12.7. The normalized spacial score (nSPS) is 15.4. The molecule has 0 aromatic heterocycles. The first-order valence-electron chi connectivity index (χ1n) is 7.09. The van der Waals surface area contributed by atoms with Crippen molar-refractivity contribution < 1.29 is 13.2 Å². The van der Waals surface area contributed by atoms with Crippen molar-refractivity contribution in [3.8, 4) is 0 Å². The summed E-state index contributed by atoms with van der Waals surface area (Å²) in [6.07, 6.45) is 2.68. The van der Waals surface area contributed by atoms with Crippen LogP contribution < -0.4 is 10.5 Å². The fraction of sp³-hybridized carbons (Fsp3) is 0.500. The lowest BCUT2D eigenvalue weighted by atomic mass is 10.2. The number of benzene rings is 1. The third-order valence-electron chi connectivity index (χ3n) is 3.54. The van der Waals surface area contributed by atoms with Crippen LogP contribution in [0.4, 0.5) is 0 Å². The van der Waals surface area contributed by atoms with E-state index in [4.69, 9.17) is 5.73 Å². The van der Waals surface area contributed by atoms with Crippen LogP contribution in [0.15, 0.2) is 29.2 Å². The standard InChI is InChI=1S/C14H21N3O3S/c15-8-7-12-3-5-13(6-4-12)21(19,20)16-11-14(18)17-9-1-2-10-17/h3-6,16H,1-2,7-11,15H2. The van der Waals surface area contributed by atoms with Gasteiger partial charge in [-0.1, -0.05) is 12.1 Å². The molecule has 0 spiro atoms. The summed E-state index contributed by atoms with van der Waals surface area (Å²) in [5, 5.41) is 0. The fourth-order valence-electron chi connectivity index (χ4n) is 2.32. The van der Waals surface area contributed by atoms with Gasteiger partial charge in [0, 0.05) is 13.1 Å². The molecule has 3 N–H and O–H groups in total. The highest BCUT2D eigenvalue weighted by Gasteiger charge is 2.20. The molecule has 1 saturated heterocycles. The molecule has 1 fully saturated rings. The number of likely N-dealkylation sites (tertiary alicyclic amines) is 1. The van der Waals surface area contributed by atoms with E-state index in [-0.39, 0.29) is 17.3 Å². The number of carbonyl (C=O) groups excluding carboxylic acids is 1. The van der Waals surface area contributed by atoms with Gasteiger partial charge < -0.3 is 10.6 Å². The molecule has 0 unspecified atom stereocenters. The Balaban J connectivity index is 1.95. The maximum absolute atomic E-state index is 12.1. The quantitative estimate of drug-likeness (QED) is 0.778. The van der Waals surface area contributed by atoms with Crippen LogP contribution in [-0.2, 0) is 21.2 Å². The Kier molecular flexibility index (Phi) is 5.33. The first kappa shape index (κ1) is 15.9. The van der Waals surface area contributed by atoms with E-state index >= 15 is 0 Å². The predicted octanol–water partition coefficient (Wildman–Crippen LogP) is 0.0885.